The van der Waals surface area contributed by atoms with Crippen molar-refractivity contribution >= 4 is 22.8 Å². The Morgan fingerprint density at radius 2 is 1.94 bits per heavy atom. The van der Waals surface area contributed by atoms with E-state index in [1.807, 2.05) is 37.3 Å². The van der Waals surface area contributed by atoms with Crippen molar-refractivity contribution in [3.05, 3.63) is 48.0 Å². The number of methoxy groups -OCH3 is 1. The van der Waals surface area contributed by atoms with Gasteiger partial charge in [-0.05, 0) is 61.9 Å². The van der Waals surface area contributed by atoms with Crippen LogP contribution in [0.5, 0.6) is 11.5 Å². The number of hydrogen-bond acceptors (Lipinski definition) is 6. The minimum absolute atomic E-state index is 0.000944. The van der Waals surface area contributed by atoms with Gasteiger partial charge in [0.1, 0.15) is 18.1 Å². The van der Waals surface area contributed by atoms with E-state index in [9.17, 15) is 9.59 Å². The van der Waals surface area contributed by atoms with E-state index in [4.69, 9.17) is 9.47 Å². The molecule has 0 spiro atoms. The molecular formula is C27H35N5O4. The molecule has 4 rings (SSSR count). The third-order valence-electron chi connectivity index (χ3n) is 6.28. The van der Waals surface area contributed by atoms with Gasteiger partial charge in [0.25, 0.3) is 0 Å². The molecular weight excluding hydrogens is 458 g/mol. The van der Waals surface area contributed by atoms with Crippen molar-refractivity contribution in [1.29, 1.82) is 0 Å². The Morgan fingerprint density at radius 1 is 1.17 bits per heavy atom. The molecule has 1 atom stereocenters. The molecule has 9 heteroatoms. The number of rotatable bonds is 12. The zero-order chi connectivity index (χ0) is 25.7. The second-order valence-corrected chi connectivity index (χ2v) is 9.49. The van der Waals surface area contributed by atoms with Gasteiger partial charge in [0.05, 0.1) is 19.2 Å². The predicted molar refractivity (Wildman–Crippen MR) is 137 cm³/mol. The van der Waals surface area contributed by atoms with Crippen LogP contribution in [-0.2, 0) is 16.1 Å². The first-order valence-electron chi connectivity index (χ1n) is 12.6. The number of para-hydroxylation sites is 1. The molecule has 1 N–H and O–H groups in total. The summed E-state index contributed by atoms with van der Waals surface area (Å²) in [5.41, 5.74) is 2.19. The van der Waals surface area contributed by atoms with Crippen LogP contribution in [0, 0.1) is 5.92 Å². The lowest BCUT2D eigenvalue weighted by Crippen LogP contribution is -2.46. The van der Waals surface area contributed by atoms with E-state index < -0.39 is 6.04 Å². The number of aromatic nitrogens is 3. The van der Waals surface area contributed by atoms with Gasteiger partial charge in [-0.1, -0.05) is 37.3 Å². The lowest BCUT2D eigenvalue weighted by molar-refractivity contribution is -0.142. The number of benzene rings is 2. The van der Waals surface area contributed by atoms with Crippen LogP contribution in [0.3, 0.4) is 0 Å². The zero-order valence-electron chi connectivity index (χ0n) is 21.4. The van der Waals surface area contributed by atoms with Crippen molar-refractivity contribution in [2.75, 3.05) is 20.3 Å². The molecule has 1 heterocycles. The highest BCUT2D eigenvalue weighted by molar-refractivity contribution is 5.89. The lowest BCUT2D eigenvalue weighted by Gasteiger charge is -2.32. The number of carbonyl (C=O) groups excluding carboxylic acids is 2. The highest BCUT2D eigenvalue weighted by atomic mass is 16.5. The molecule has 0 aliphatic heterocycles. The average Bonchev–Trinajstić information content (AvgIpc) is 3.62. The first kappa shape index (κ1) is 25.5. The Labute approximate surface area is 211 Å². The lowest BCUT2D eigenvalue weighted by atomic mass is 10.0. The molecule has 2 amide bonds. The standard InChI is InChI=1S/C27H35N5O4/c1-5-36-23-13-10-19(16-24(23)35-4)26(27(34)28-15-14-18(2)3)32(20-11-12-20)25(33)17-31-22-9-7-6-8-21(22)29-30-31/h6-10,13,16,18,20,26H,5,11-12,14-15,17H2,1-4H3,(H,28,34). The highest BCUT2D eigenvalue weighted by Gasteiger charge is 2.41. The fraction of sp³-hybridized carbons (Fsp3) is 0.481. The van der Waals surface area contributed by atoms with Gasteiger partial charge in [0.15, 0.2) is 11.5 Å². The molecule has 0 radical (unpaired) electrons. The van der Waals surface area contributed by atoms with E-state index in [2.05, 4.69) is 29.5 Å². The SMILES string of the molecule is CCOc1ccc(C(C(=O)NCCC(C)C)N(C(=O)Cn2nnc3ccccc32)C2CC2)cc1OC. The fourth-order valence-electron chi connectivity index (χ4n) is 4.30. The van der Waals surface area contributed by atoms with Gasteiger partial charge in [0.2, 0.25) is 11.8 Å². The Morgan fingerprint density at radius 3 is 2.64 bits per heavy atom. The van der Waals surface area contributed by atoms with Crippen molar-refractivity contribution in [3.63, 3.8) is 0 Å². The van der Waals surface area contributed by atoms with Crippen LogP contribution in [0.15, 0.2) is 42.5 Å². The summed E-state index contributed by atoms with van der Waals surface area (Å²) in [6, 6.07) is 12.2. The van der Waals surface area contributed by atoms with Crippen LogP contribution in [0.25, 0.3) is 11.0 Å². The predicted octanol–water partition coefficient (Wildman–Crippen LogP) is 3.73. The van der Waals surface area contributed by atoms with Crippen molar-refractivity contribution in [3.8, 4) is 11.5 Å². The molecule has 1 aliphatic rings. The Hall–Kier alpha value is -3.62. The largest absolute Gasteiger partial charge is 0.493 e. The summed E-state index contributed by atoms with van der Waals surface area (Å²) < 4.78 is 12.8. The molecule has 2 aromatic carbocycles. The minimum atomic E-state index is -0.795. The molecule has 192 valence electrons. The quantitative estimate of drug-likeness (QED) is 0.413. The number of nitrogens with zero attached hydrogens (tertiary/aromatic N) is 4. The third kappa shape index (κ3) is 5.78. The molecule has 0 saturated heterocycles. The summed E-state index contributed by atoms with van der Waals surface area (Å²) in [5, 5.41) is 11.4. The highest BCUT2D eigenvalue weighted by Crippen LogP contribution is 2.38. The van der Waals surface area contributed by atoms with E-state index in [1.54, 1.807) is 28.8 Å². The third-order valence-corrected chi connectivity index (χ3v) is 6.28. The second-order valence-electron chi connectivity index (χ2n) is 9.49. The molecule has 1 aromatic heterocycles. The Bertz CT molecular complexity index is 1200. The van der Waals surface area contributed by atoms with Crippen LogP contribution < -0.4 is 14.8 Å². The molecule has 36 heavy (non-hydrogen) atoms. The van der Waals surface area contributed by atoms with E-state index in [0.29, 0.717) is 36.1 Å². The van der Waals surface area contributed by atoms with Gasteiger partial charge in [-0.15, -0.1) is 5.10 Å². The van der Waals surface area contributed by atoms with E-state index in [0.717, 1.165) is 30.3 Å². The molecule has 1 fully saturated rings. The number of ether oxygens (including phenoxy) is 2. The fourth-order valence-corrected chi connectivity index (χ4v) is 4.30. The van der Waals surface area contributed by atoms with Gasteiger partial charge >= 0.3 is 0 Å². The normalized spacial score (nSPS) is 14.0. The van der Waals surface area contributed by atoms with Crippen LogP contribution in [-0.4, -0.2) is 58.0 Å². The van der Waals surface area contributed by atoms with Crippen LogP contribution >= 0.6 is 0 Å². The number of nitrogens with one attached hydrogen (secondary N) is 1. The van der Waals surface area contributed by atoms with E-state index in [-0.39, 0.29) is 24.4 Å². The summed E-state index contributed by atoms with van der Waals surface area (Å²) in [7, 11) is 1.57. The topological polar surface area (TPSA) is 98.6 Å². The maximum atomic E-state index is 13.8. The van der Waals surface area contributed by atoms with E-state index in [1.165, 1.54) is 0 Å². The second kappa shape index (κ2) is 11.4. The first-order valence-corrected chi connectivity index (χ1v) is 12.6. The van der Waals surface area contributed by atoms with Gasteiger partial charge in [-0.2, -0.15) is 0 Å². The van der Waals surface area contributed by atoms with Crippen molar-refractivity contribution in [2.24, 2.45) is 5.92 Å². The van der Waals surface area contributed by atoms with Crippen molar-refractivity contribution in [1.82, 2.24) is 25.2 Å². The molecule has 1 aliphatic carbocycles. The molecule has 0 bridgehead atoms. The van der Waals surface area contributed by atoms with E-state index >= 15 is 0 Å². The number of fused-ring (bicyclic) bond motifs is 1. The maximum Gasteiger partial charge on any atom is 0.247 e. The molecule has 1 saturated carbocycles. The summed E-state index contributed by atoms with van der Waals surface area (Å²) in [6.45, 7) is 7.17. The number of carbonyl (C=O) groups is 2. The summed E-state index contributed by atoms with van der Waals surface area (Å²) in [5.74, 6) is 1.20. The number of hydrogen-bond donors (Lipinski definition) is 1. The monoisotopic (exact) mass is 493 g/mol. The molecule has 1 unspecified atom stereocenters. The average molecular weight is 494 g/mol. The van der Waals surface area contributed by atoms with Gasteiger partial charge in [-0.3, -0.25) is 9.59 Å². The Balaban J connectivity index is 1.67. The van der Waals surface area contributed by atoms with Gasteiger partial charge < -0.3 is 19.7 Å². The molecule has 9 nitrogen and oxygen atoms in total. The Kier molecular flexibility index (Phi) is 8.07. The maximum absolute atomic E-state index is 13.8. The molecule has 3 aromatic rings. The summed E-state index contributed by atoms with van der Waals surface area (Å²) in [4.78, 5) is 29.1. The zero-order valence-corrected chi connectivity index (χ0v) is 21.4. The minimum Gasteiger partial charge on any atom is -0.493 e. The van der Waals surface area contributed by atoms with Gasteiger partial charge in [0, 0.05) is 12.6 Å². The van der Waals surface area contributed by atoms with Crippen LogP contribution in [0.1, 0.15) is 51.6 Å². The van der Waals surface area contributed by atoms with Crippen LogP contribution in [0.4, 0.5) is 0 Å². The van der Waals surface area contributed by atoms with Crippen molar-refractivity contribution in [2.45, 2.75) is 58.7 Å². The number of amides is 2. The first-order chi connectivity index (χ1) is 17.4. The summed E-state index contributed by atoms with van der Waals surface area (Å²) in [6.07, 6.45) is 2.56. The van der Waals surface area contributed by atoms with Crippen LogP contribution in [0.2, 0.25) is 0 Å². The summed E-state index contributed by atoms with van der Waals surface area (Å²) >= 11 is 0. The van der Waals surface area contributed by atoms with Crippen molar-refractivity contribution < 1.29 is 19.1 Å². The smallest absolute Gasteiger partial charge is 0.247 e. The van der Waals surface area contributed by atoms with Gasteiger partial charge in [-0.25, -0.2) is 4.68 Å².